The van der Waals surface area contributed by atoms with E-state index in [1.165, 1.54) is 0 Å². The molecule has 0 atom stereocenters. The number of hydrogen-bond donors (Lipinski definition) is 2. The van der Waals surface area contributed by atoms with Crippen LogP contribution in [0.25, 0.3) is 0 Å². The number of anilines is 1. The first-order valence-corrected chi connectivity index (χ1v) is 6.59. The van der Waals surface area contributed by atoms with E-state index in [9.17, 15) is 4.79 Å². The van der Waals surface area contributed by atoms with E-state index in [0.717, 1.165) is 31.7 Å². The first kappa shape index (κ1) is 13.1. The van der Waals surface area contributed by atoms with Crippen LogP contribution in [-0.4, -0.2) is 43.0 Å². The average molecular weight is 247 g/mol. The summed E-state index contributed by atoms with van der Waals surface area (Å²) < 4.78 is 0. The second kappa shape index (κ2) is 6.52. The molecule has 4 nitrogen and oxygen atoms in total. The van der Waals surface area contributed by atoms with Crippen molar-refractivity contribution in [1.82, 2.24) is 10.2 Å². The molecule has 1 heterocycles. The molecule has 0 radical (unpaired) electrons. The van der Waals surface area contributed by atoms with Gasteiger partial charge in [-0.1, -0.05) is 25.1 Å². The number of amides is 1. The van der Waals surface area contributed by atoms with Gasteiger partial charge in [0.1, 0.15) is 0 Å². The lowest BCUT2D eigenvalue weighted by Crippen LogP contribution is -2.58. The van der Waals surface area contributed by atoms with Crippen molar-refractivity contribution in [3.63, 3.8) is 0 Å². The fourth-order valence-corrected chi connectivity index (χ4v) is 2.12. The van der Waals surface area contributed by atoms with Crippen LogP contribution in [0.3, 0.4) is 0 Å². The van der Waals surface area contributed by atoms with Gasteiger partial charge in [0.25, 0.3) is 0 Å². The van der Waals surface area contributed by atoms with Crippen molar-refractivity contribution in [2.75, 3.05) is 31.5 Å². The minimum Gasteiger partial charge on any atom is -0.325 e. The van der Waals surface area contributed by atoms with Gasteiger partial charge in [0.15, 0.2) is 0 Å². The van der Waals surface area contributed by atoms with Gasteiger partial charge < -0.3 is 10.6 Å². The highest BCUT2D eigenvalue weighted by Crippen LogP contribution is 2.08. The van der Waals surface area contributed by atoms with Crippen LogP contribution in [0.1, 0.15) is 13.3 Å². The summed E-state index contributed by atoms with van der Waals surface area (Å²) in [7, 11) is 0. The van der Waals surface area contributed by atoms with Crippen molar-refractivity contribution in [1.29, 1.82) is 0 Å². The fourth-order valence-electron chi connectivity index (χ4n) is 2.12. The Labute approximate surface area is 108 Å². The number of rotatable bonds is 6. The highest BCUT2D eigenvalue weighted by Gasteiger charge is 2.25. The molecule has 1 saturated heterocycles. The molecule has 1 amide bonds. The van der Waals surface area contributed by atoms with Gasteiger partial charge >= 0.3 is 0 Å². The summed E-state index contributed by atoms with van der Waals surface area (Å²) in [6.45, 7) is 5.61. The van der Waals surface area contributed by atoms with Gasteiger partial charge in [-0.05, 0) is 25.1 Å². The number of carbonyl (C=O) groups excluding carboxylic acids is 1. The molecule has 1 aromatic rings. The van der Waals surface area contributed by atoms with Crippen molar-refractivity contribution >= 4 is 11.6 Å². The van der Waals surface area contributed by atoms with Crippen LogP contribution in [-0.2, 0) is 4.79 Å². The normalized spacial score (nSPS) is 15.4. The van der Waals surface area contributed by atoms with Crippen molar-refractivity contribution in [3.8, 4) is 0 Å². The molecule has 2 N–H and O–H groups in total. The SMILES string of the molecule is CCCN(CC(=O)Nc1ccccc1)C1CNC1. The van der Waals surface area contributed by atoms with Gasteiger partial charge in [-0.25, -0.2) is 0 Å². The molecular weight excluding hydrogens is 226 g/mol. The molecule has 0 aliphatic carbocycles. The van der Waals surface area contributed by atoms with E-state index in [2.05, 4.69) is 22.5 Å². The summed E-state index contributed by atoms with van der Waals surface area (Å²) in [6, 6.07) is 10.1. The second-order valence-electron chi connectivity index (χ2n) is 4.70. The third-order valence-electron chi connectivity index (χ3n) is 3.19. The minimum absolute atomic E-state index is 0.0709. The summed E-state index contributed by atoms with van der Waals surface area (Å²) >= 11 is 0. The fraction of sp³-hybridized carbons (Fsp3) is 0.500. The summed E-state index contributed by atoms with van der Waals surface area (Å²) in [6.07, 6.45) is 1.08. The zero-order chi connectivity index (χ0) is 12.8. The van der Waals surface area contributed by atoms with Crippen LogP contribution in [0, 0.1) is 0 Å². The van der Waals surface area contributed by atoms with Gasteiger partial charge in [-0.15, -0.1) is 0 Å². The first-order valence-electron chi connectivity index (χ1n) is 6.59. The molecule has 0 saturated carbocycles. The van der Waals surface area contributed by atoms with Crippen LogP contribution in [0.4, 0.5) is 5.69 Å². The Kier molecular flexibility index (Phi) is 4.73. The minimum atomic E-state index is 0.0709. The number of nitrogens with one attached hydrogen (secondary N) is 2. The van der Waals surface area contributed by atoms with Crippen LogP contribution in [0.2, 0.25) is 0 Å². The zero-order valence-electron chi connectivity index (χ0n) is 10.9. The maximum atomic E-state index is 12.0. The highest BCUT2D eigenvalue weighted by atomic mass is 16.2. The van der Waals surface area contributed by atoms with E-state index in [0.29, 0.717) is 12.6 Å². The van der Waals surface area contributed by atoms with Crippen molar-refractivity contribution in [2.24, 2.45) is 0 Å². The van der Waals surface area contributed by atoms with Crippen LogP contribution in [0.15, 0.2) is 30.3 Å². The predicted octanol–water partition coefficient (Wildman–Crippen LogP) is 1.31. The second-order valence-corrected chi connectivity index (χ2v) is 4.70. The van der Waals surface area contributed by atoms with E-state index >= 15 is 0 Å². The Balaban J connectivity index is 1.84. The summed E-state index contributed by atoms with van der Waals surface area (Å²) in [5.41, 5.74) is 0.866. The first-order chi connectivity index (χ1) is 8.79. The van der Waals surface area contributed by atoms with Crippen LogP contribution >= 0.6 is 0 Å². The molecule has 0 aromatic heterocycles. The molecule has 98 valence electrons. The molecule has 0 unspecified atom stereocenters. The Morgan fingerprint density at radius 2 is 2.11 bits per heavy atom. The Hall–Kier alpha value is -1.39. The summed E-state index contributed by atoms with van der Waals surface area (Å²) in [4.78, 5) is 14.2. The zero-order valence-corrected chi connectivity index (χ0v) is 10.9. The summed E-state index contributed by atoms with van der Waals surface area (Å²) in [5, 5.41) is 6.18. The lowest BCUT2D eigenvalue weighted by atomic mass is 10.1. The van der Waals surface area contributed by atoms with Crippen molar-refractivity contribution in [2.45, 2.75) is 19.4 Å². The molecule has 0 spiro atoms. The molecule has 2 rings (SSSR count). The molecule has 1 aliphatic rings. The van der Waals surface area contributed by atoms with Gasteiger partial charge in [0, 0.05) is 24.8 Å². The smallest absolute Gasteiger partial charge is 0.238 e. The maximum Gasteiger partial charge on any atom is 0.238 e. The van der Waals surface area contributed by atoms with Gasteiger partial charge in [0.05, 0.1) is 6.54 Å². The molecule has 1 fully saturated rings. The van der Waals surface area contributed by atoms with E-state index in [1.54, 1.807) is 0 Å². The maximum absolute atomic E-state index is 12.0. The number of para-hydroxylation sites is 1. The lowest BCUT2D eigenvalue weighted by molar-refractivity contribution is -0.118. The van der Waals surface area contributed by atoms with Gasteiger partial charge in [-0.3, -0.25) is 9.69 Å². The Morgan fingerprint density at radius 3 is 2.67 bits per heavy atom. The number of hydrogen-bond acceptors (Lipinski definition) is 3. The van der Waals surface area contributed by atoms with Gasteiger partial charge in [0.2, 0.25) is 5.91 Å². The largest absolute Gasteiger partial charge is 0.325 e. The molecular formula is C14H21N3O. The standard InChI is InChI=1S/C14H21N3O/c1-2-8-17(13-9-15-10-13)11-14(18)16-12-6-4-3-5-7-12/h3-7,13,15H,2,8-11H2,1H3,(H,16,18). The van der Waals surface area contributed by atoms with E-state index in [-0.39, 0.29) is 5.91 Å². The van der Waals surface area contributed by atoms with Crippen molar-refractivity contribution < 1.29 is 4.79 Å². The molecule has 1 aliphatic heterocycles. The molecule has 1 aromatic carbocycles. The number of nitrogens with zero attached hydrogens (tertiary/aromatic N) is 1. The Bertz CT molecular complexity index is 376. The van der Waals surface area contributed by atoms with E-state index in [4.69, 9.17) is 0 Å². The lowest BCUT2D eigenvalue weighted by Gasteiger charge is -2.37. The van der Waals surface area contributed by atoms with E-state index < -0.39 is 0 Å². The molecule has 4 heteroatoms. The summed E-state index contributed by atoms with van der Waals surface area (Å²) in [5.74, 6) is 0.0709. The van der Waals surface area contributed by atoms with Crippen molar-refractivity contribution in [3.05, 3.63) is 30.3 Å². The topological polar surface area (TPSA) is 44.4 Å². The van der Waals surface area contributed by atoms with Crippen LogP contribution < -0.4 is 10.6 Å². The third kappa shape index (κ3) is 3.55. The average Bonchev–Trinajstić information content (AvgIpc) is 2.28. The highest BCUT2D eigenvalue weighted by molar-refractivity contribution is 5.92. The van der Waals surface area contributed by atoms with Crippen LogP contribution in [0.5, 0.6) is 0 Å². The number of benzene rings is 1. The predicted molar refractivity (Wildman–Crippen MR) is 73.6 cm³/mol. The van der Waals surface area contributed by atoms with E-state index in [1.807, 2.05) is 30.3 Å². The molecule has 0 bridgehead atoms. The number of carbonyl (C=O) groups is 1. The Morgan fingerprint density at radius 1 is 1.39 bits per heavy atom. The van der Waals surface area contributed by atoms with Gasteiger partial charge in [-0.2, -0.15) is 0 Å². The third-order valence-corrected chi connectivity index (χ3v) is 3.19. The quantitative estimate of drug-likeness (QED) is 0.796. The molecule has 18 heavy (non-hydrogen) atoms. The monoisotopic (exact) mass is 247 g/mol.